The molecule has 0 spiro atoms. The van der Waals surface area contributed by atoms with E-state index < -0.39 is 0 Å². The van der Waals surface area contributed by atoms with E-state index in [0.717, 1.165) is 6.42 Å². The van der Waals surface area contributed by atoms with Crippen molar-refractivity contribution >= 4 is 5.91 Å². The molecule has 0 aliphatic heterocycles. The zero-order chi connectivity index (χ0) is 12.1. The van der Waals surface area contributed by atoms with Crippen molar-refractivity contribution in [3.63, 3.8) is 0 Å². The molecule has 1 unspecified atom stereocenters. The molecule has 0 aliphatic carbocycles. The van der Waals surface area contributed by atoms with Gasteiger partial charge < -0.3 is 10.6 Å². The molecular weight excluding hydrogens is 206 g/mol. The summed E-state index contributed by atoms with van der Waals surface area (Å²) in [4.78, 5) is 17.0. The summed E-state index contributed by atoms with van der Waals surface area (Å²) >= 11 is 0. The molecule has 0 saturated carbocycles. The van der Waals surface area contributed by atoms with Crippen LogP contribution in [0.2, 0.25) is 0 Å². The van der Waals surface area contributed by atoms with Gasteiger partial charge >= 0.3 is 0 Å². The molecule has 6 heteroatoms. The van der Waals surface area contributed by atoms with Gasteiger partial charge in [0.2, 0.25) is 5.91 Å². The van der Waals surface area contributed by atoms with Crippen LogP contribution in [0.4, 0.5) is 0 Å². The lowest BCUT2D eigenvalue weighted by molar-refractivity contribution is -0.128. The highest BCUT2D eigenvalue weighted by atomic mass is 16.2. The highest BCUT2D eigenvalue weighted by molar-refractivity contribution is 5.75. The lowest BCUT2D eigenvalue weighted by Gasteiger charge is -2.09. The third-order valence-electron chi connectivity index (χ3n) is 2.24. The standard InChI is InChI=1S/C10H19N5O/c1-8(11)10-12-7-15(13-10)6-4-5-9(16)14(2)3/h7-8H,4-6,11H2,1-3H3. The number of aromatic nitrogens is 3. The Labute approximate surface area is 95.4 Å². The molecule has 1 atom stereocenters. The predicted octanol–water partition coefficient (Wildman–Crippen LogP) is 0.166. The predicted molar refractivity (Wildman–Crippen MR) is 60.6 cm³/mol. The number of carbonyl (C=O) groups is 1. The average molecular weight is 225 g/mol. The first-order valence-electron chi connectivity index (χ1n) is 5.35. The Balaban J connectivity index is 2.35. The van der Waals surface area contributed by atoms with Gasteiger partial charge in [0.15, 0.2) is 5.82 Å². The van der Waals surface area contributed by atoms with Gasteiger partial charge in [-0.25, -0.2) is 4.98 Å². The molecule has 0 saturated heterocycles. The maximum absolute atomic E-state index is 11.3. The molecule has 0 aromatic carbocycles. The quantitative estimate of drug-likeness (QED) is 0.774. The van der Waals surface area contributed by atoms with Crippen LogP contribution in [0.15, 0.2) is 6.33 Å². The van der Waals surface area contributed by atoms with Crippen molar-refractivity contribution in [2.24, 2.45) is 5.73 Å². The highest BCUT2D eigenvalue weighted by Crippen LogP contribution is 2.02. The molecule has 0 radical (unpaired) electrons. The van der Waals surface area contributed by atoms with Crippen molar-refractivity contribution in [2.45, 2.75) is 32.4 Å². The van der Waals surface area contributed by atoms with Gasteiger partial charge in [-0.2, -0.15) is 5.10 Å². The zero-order valence-corrected chi connectivity index (χ0v) is 10.1. The second kappa shape index (κ2) is 5.60. The Morgan fingerprint density at radius 3 is 2.81 bits per heavy atom. The van der Waals surface area contributed by atoms with E-state index in [-0.39, 0.29) is 11.9 Å². The fraction of sp³-hybridized carbons (Fsp3) is 0.700. The molecule has 1 aromatic rings. The smallest absolute Gasteiger partial charge is 0.222 e. The molecule has 0 fully saturated rings. The fourth-order valence-electron chi connectivity index (χ4n) is 1.24. The largest absolute Gasteiger partial charge is 0.349 e. The number of carbonyl (C=O) groups excluding carboxylic acids is 1. The summed E-state index contributed by atoms with van der Waals surface area (Å²) < 4.78 is 1.72. The van der Waals surface area contributed by atoms with Crippen LogP contribution in [0.3, 0.4) is 0 Å². The van der Waals surface area contributed by atoms with Gasteiger partial charge in [-0.1, -0.05) is 0 Å². The lowest BCUT2D eigenvalue weighted by Crippen LogP contribution is -2.21. The summed E-state index contributed by atoms with van der Waals surface area (Å²) in [6.07, 6.45) is 2.94. The number of aryl methyl sites for hydroxylation is 1. The molecule has 1 rings (SSSR count). The van der Waals surface area contributed by atoms with Gasteiger partial charge in [0.05, 0.1) is 6.04 Å². The van der Waals surface area contributed by atoms with Gasteiger partial charge in [0.25, 0.3) is 0 Å². The van der Waals surface area contributed by atoms with Crippen LogP contribution >= 0.6 is 0 Å². The van der Waals surface area contributed by atoms with E-state index in [0.29, 0.717) is 18.8 Å². The van der Waals surface area contributed by atoms with Gasteiger partial charge in [0.1, 0.15) is 6.33 Å². The molecule has 2 N–H and O–H groups in total. The zero-order valence-electron chi connectivity index (χ0n) is 10.1. The van der Waals surface area contributed by atoms with Crippen LogP contribution in [0, 0.1) is 0 Å². The Kier molecular flexibility index (Phi) is 4.42. The SMILES string of the molecule is CC(N)c1ncn(CCCC(=O)N(C)C)n1. The molecule has 1 amide bonds. The molecular formula is C10H19N5O. The first kappa shape index (κ1) is 12.6. The number of nitrogens with two attached hydrogens (primary N) is 1. The number of hydrogen-bond donors (Lipinski definition) is 1. The van der Waals surface area contributed by atoms with E-state index in [2.05, 4.69) is 10.1 Å². The maximum Gasteiger partial charge on any atom is 0.222 e. The van der Waals surface area contributed by atoms with Crippen molar-refractivity contribution in [3.8, 4) is 0 Å². The number of rotatable bonds is 5. The van der Waals surface area contributed by atoms with Crippen LogP contribution in [0.1, 0.15) is 31.6 Å². The highest BCUT2D eigenvalue weighted by Gasteiger charge is 2.06. The van der Waals surface area contributed by atoms with E-state index in [4.69, 9.17) is 5.73 Å². The molecule has 1 aromatic heterocycles. The monoisotopic (exact) mass is 225 g/mol. The van der Waals surface area contributed by atoms with E-state index in [1.54, 1.807) is 30.0 Å². The minimum Gasteiger partial charge on any atom is -0.349 e. The summed E-state index contributed by atoms with van der Waals surface area (Å²) in [5, 5.41) is 4.21. The average Bonchev–Trinajstić information content (AvgIpc) is 2.66. The summed E-state index contributed by atoms with van der Waals surface area (Å²) in [6, 6.07) is -0.148. The first-order valence-corrected chi connectivity index (χ1v) is 5.35. The van der Waals surface area contributed by atoms with Gasteiger partial charge in [-0.05, 0) is 13.3 Å². The van der Waals surface area contributed by atoms with Crippen molar-refractivity contribution < 1.29 is 4.79 Å². The van der Waals surface area contributed by atoms with E-state index in [1.807, 2.05) is 6.92 Å². The maximum atomic E-state index is 11.3. The van der Waals surface area contributed by atoms with Crippen LogP contribution in [-0.2, 0) is 11.3 Å². The third-order valence-corrected chi connectivity index (χ3v) is 2.24. The summed E-state index contributed by atoms with van der Waals surface area (Å²) in [5.41, 5.74) is 5.64. The number of hydrogen-bond acceptors (Lipinski definition) is 4. The van der Waals surface area contributed by atoms with E-state index in [1.165, 1.54) is 0 Å². The molecule has 16 heavy (non-hydrogen) atoms. The Hall–Kier alpha value is -1.43. The number of nitrogens with zero attached hydrogens (tertiary/aromatic N) is 4. The molecule has 90 valence electrons. The lowest BCUT2D eigenvalue weighted by atomic mass is 10.3. The number of amides is 1. The summed E-state index contributed by atoms with van der Waals surface area (Å²) in [7, 11) is 3.51. The molecule has 1 heterocycles. The van der Waals surface area contributed by atoms with Crippen molar-refractivity contribution in [3.05, 3.63) is 12.2 Å². The van der Waals surface area contributed by atoms with E-state index >= 15 is 0 Å². The van der Waals surface area contributed by atoms with Crippen LogP contribution in [0.25, 0.3) is 0 Å². The van der Waals surface area contributed by atoms with Gasteiger partial charge in [0, 0.05) is 27.1 Å². The second-order valence-corrected chi connectivity index (χ2v) is 4.05. The minimum absolute atomic E-state index is 0.132. The van der Waals surface area contributed by atoms with Crippen LogP contribution in [0.5, 0.6) is 0 Å². The molecule has 0 bridgehead atoms. The summed E-state index contributed by atoms with van der Waals surface area (Å²) in [6.45, 7) is 2.54. The summed E-state index contributed by atoms with van der Waals surface area (Å²) in [5.74, 6) is 0.770. The topological polar surface area (TPSA) is 77.0 Å². The van der Waals surface area contributed by atoms with Crippen molar-refractivity contribution in [1.29, 1.82) is 0 Å². The second-order valence-electron chi connectivity index (χ2n) is 4.05. The third kappa shape index (κ3) is 3.62. The van der Waals surface area contributed by atoms with Gasteiger partial charge in [-0.15, -0.1) is 0 Å². The Morgan fingerprint density at radius 1 is 1.62 bits per heavy atom. The van der Waals surface area contributed by atoms with Crippen LogP contribution < -0.4 is 5.73 Å². The Morgan fingerprint density at radius 2 is 2.31 bits per heavy atom. The minimum atomic E-state index is -0.148. The van der Waals surface area contributed by atoms with E-state index in [9.17, 15) is 4.79 Å². The molecule has 0 aliphatic rings. The fourth-order valence-corrected chi connectivity index (χ4v) is 1.24. The van der Waals surface area contributed by atoms with Crippen molar-refractivity contribution in [2.75, 3.05) is 14.1 Å². The normalized spacial score (nSPS) is 12.5. The van der Waals surface area contributed by atoms with Crippen LogP contribution in [-0.4, -0.2) is 39.7 Å². The molecule has 6 nitrogen and oxygen atoms in total. The first-order chi connectivity index (χ1) is 7.50. The Bertz CT molecular complexity index is 345. The van der Waals surface area contributed by atoms with Crippen molar-refractivity contribution in [1.82, 2.24) is 19.7 Å². The van der Waals surface area contributed by atoms with Gasteiger partial charge in [-0.3, -0.25) is 9.48 Å².